The largest absolute Gasteiger partial charge is 0.480 e. The number of nitrogens with zero attached hydrogens (tertiary/aromatic N) is 2. The average Bonchev–Trinajstić information content (AvgIpc) is 2.71. The molecule has 4 nitrogen and oxygen atoms in total. The number of hydrogen-bond donors (Lipinski definition) is 1. The molecule has 2 atom stereocenters. The number of methoxy groups -OCH3 is 1. The fourth-order valence-corrected chi connectivity index (χ4v) is 1.81. The van der Waals surface area contributed by atoms with Crippen molar-refractivity contribution in [2.75, 3.05) is 13.7 Å². The van der Waals surface area contributed by atoms with Crippen LogP contribution >= 0.6 is 0 Å². The van der Waals surface area contributed by atoms with E-state index in [1.807, 2.05) is 13.2 Å². The second kappa shape index (κ2) is 3.57. The quantitative estimate of drug-likeness (QED) is 0.765. The van der Waals surface area contributed by atoms with Gasteiger partial charge in [-0.1, -0.05) is 0 Å². The first-order valence-electron chi connectivity index (χ1n) is 4.65. The summed E-state index contributed by atoms with van der Waals surface area (Å²) in [5.74, 6) is 0.583. The Balaban J connectivity index is 2.22. The normalized spacial score (nSPS) is 26.8. The number of aryl methyl sites for hydroxylation is 1. The van der Waals surface area contributed by atoms with Gasteiger partial charge in [-0.3, -0.25) is 4.68 Å². The summed E-state index contributed by atoms with van der Waals surface area (Å²) in [5, 5.41) is 7.23. The zero-order chi connectivity index (χ0) is 10.1. The predicted molar refractivity (Wildman–Crippen MR) is 50.0 cm³/mol. The highest BCUT2D eigenvalue weighted by Gasteiger charge is 2.28. The first-order valence-corrected chi connectivity index (χ1v) is 4.65. The molecule has 0 spiro atoms. The molecular formula is C9H14FN3O. The molecule has 0 amide bonds. The van der Waals surface area contributed by atoms with Crippen LogP contribution in [0.5, 0.6) is 5.88 Å². The molecule has 0 radical (unpaired) electrons. The molecule has 2 unspecified atom stereocenters. The fourth-order valence-electron chi connectivity index (χ4n) is 1.81. The van der Waals surface area contributed by atoms with Gasteiger partial charge in [-0.25, -0.2) is 4.39 Å². The summed E-state index contributed by atoms with van der Waals surface area (Å²) in [4.78, 5) is 0. The van der Waals surface area contributed by atoms with Crippen LogP contribution in [0.25, 0.3) is 0 Å². The van der Waals surface area contributed by atoms with Gasteiger partial charge in [0, 0.05) is 25.8 Å². The van der Waals surface area contributed by atoms with E-state index >= 15 is 0 Å². The molecule has 1 aromatic heterocycles. The van der Waals surface area contributed by atoms with Gasteiger partial charge in [-0.2, -0.15) is 0 Å². The van der Waals surface area contributed by atoms with E-state index in [0.717, 1.165) is 5.56 Å². The molecule has 1 aliphatic heterocycles. The Morgan fingerprint density at radius 1 is 1.71 bits per heavy atom. The van der Waals surface area contributed by atoms with E-state index in [-0.39, 0.29) is 6.04 Å². The maximum atomic E-state index is 13.0. The monoisotopic (exact) mass is 199 g/mol. The zero-order valence-corrected chi connectivity index (χ0v) is 8.33. The van der Waals surface area contributed by atoms with Crippen LogP contribution in [-0.2, 0) is 7.05 Å². The molecule has 2 heterocycles. The molecule has 0 bridgehead atoms. The van der Waals surface area contributed by atoms with Gasteiger partial charge in [0.25, 0.3) is 0 Å². The second-order valence-corrected chi connectivity index (χ2v) is 3.56. The van der Waals surface area contributed by atoms with Crippen molar-refractivity contribution in [1.82, 2.24) is 15.1 Å². The van der Waals surface area contributed by atoms with Crippen LogP contribution in [-0.4, -0.2) is 29.6 Å². The number of alkyl halides is 1. The lowest BCUT2D eigenvalue weighted by molar-refractivity contribution is 0.353. The Labute approximate surface area is 82.1 Å². The highest BCUT2D eigenvalue weighted by molar-refractivity contribution is 5.28. The van der Waals surface area contributed by atoms with E-state index in [1.165, 1.54) is 0 Å². The fraction of sp³-hybridized carbons (Fsp3) is 0.667. The standard InChI is InChI=1S/C9H14FN3O/c1-13-5-7(9(12-13)14-2)8-3-6(10)4-11-8/h5-6,8,11H,3-4H2,1-2H3. The molecule has 0 aliphatic carbocycles. The van der Waals surface area contributed by atoms with Crippen LogP contribution in [0.4, 0.5) is 4.39 Å². The van der Waals surface area contributed by atoms with E-state index in [2.05, 4.69) is 10.4 Å². The lowest BCUT2D eigenvalue weighted by Crippen LogP contribution is -2.14. The minimum absolute atomic E-state index is 0.0358. The summed E-state index contributed by atoms with van der Waals surface area (Å²) in [6.07, 6.45) is 1.61. The Hall–Kier alpha value is -1.10. The summed E-state index contributed by atoms with van der Waals surface area (Å²) in [7, 11) is 3.40. The molecule has 1 fully saturated rings. The maximum absolute atomic E-state index is 13.0. The minimum atomic E-state index is -0.759. The lowest BCUT2D eigenvalue weighted by Gasteiger charge is -2.08. The van der Waals surface area contributed by atoms with Crippen molar-refractivity contribution in [3.63, 3.8) is 0 Å². The first kappa shape index (κ1) is 9.45. The van der Waals surface area contributed by atoms with Crippen molar-refractivity contribution in [3.8, 4) is 5.88 Å². The van der Waals surface area contributed by atoms with E-state index in [4.69, 9.17) is 4.74 Å². The molecule has 1 aromatic rings. The average molecular weight is 199 g/mol. The summed E-state index contributed by atoms with van der Waals surface area (Å²) in [6.45, 7) is 0.419. The Bertz CT molecular complexity index is 326. The van der Waals surface area contributed by atoms with Gasteiger partial charge in [-0.15, -0.1) is 5.10 Å². The van der Waals surface area contributed by atoms with Crippen molar-refractivity contribution >= 4 is 0 Å². The van der Waals surface area contributed by atoms with Crippen LogP contribution in [0.3, 0.4) is 0 Å². The van der Waals surface area contributed by atoms with Gasteiger partial charge in [0.15, 0.2) is 0 Å². The summed E-state index contributed by atoms with van der Waals surface area (Å²) < 4.78 is 19.8. The molecule has 1 aliphatic rings. The van der Waals surface area contributed by atoms with Crippen molar-refractivity contribution in [2.24, 2.45) is 7.05 Å². The lowest BCUT2D eigenvalue weighted by atomic mass is 10.1. The van der Waals surface area contributed by atoms with Crippen molar-refractivity contribution < 1.29 is 9.13 Å². The highest BCUT2D eigenvalue weighted by atomic mass is 19.1. The van der Waals surface area contributed by atoms with Crippen LogP contribution < -0.4 is 10.1 Å². The van der Waals surface area contributed by atoms with Crippen LogP contribution in [0.1, 0.15) is 18.0 Å². The molecule has 1 N–H and O–H groups in total. The van der Waals surface area contributed by atoms with Gasteiger partial charge in [0.2, 0.25) is 5.88 Å². The number of rotatable bonds is 2. The Morgan fingerprint density at radius 3 is 3.07 bits per heavy atom. The Morgan fingerprint density at radius 2 is 2.50 bits per heavy atom. The topological polar surface area (TPSA) is 39.1 Å². The van der Waals surface area contributed by atoms with Gasteiger partial charge in [-0.05, 0) is 6.42 Å². The van der Waals surface area contributed by atoms with E-state index in [1.54, 1.807) is 11.8 Å². The number of hydrogen-bond acceptors (Lipinski definition) is 3. The zero-order valence-electron chi connectivity index (χ0n) is 8.33. The van der Waals surface area contributed by atoms with Gasteiger partial charge in [0.05, 0.1) is 12.7 Å². The summed E-state index contributed by atoms with van der Waals surface area (Å²) in [6, 6.07) is 0.0358. The summed E-state index contributed by atoms with van der Waals surface area (Å²) in [5.41, 5.74) is 0.940. The molecular weight excluding hydrogens is 185 g/mol. The molecule has 78 valence electrons. The Kier molecular flexibility index (Phi) is 2.41. The van der Waals surface area contributed by atoms with Crippen LogP contribution in [0.15, 0.2) is 6.20 Å². The number of ether oxygens (including phenoxy) is 1. The number of aromatic nitrogens is 2. The van der Waals surface area contributed by atoms with E-state index in [9.17, 15) is 4.39 Å². The van der Waals surface area contributed by atoms with Crippen LogP contribution in [0.2, 0.25) is 0 Å². The van der Waals surface area contributed by atoms with E-state index in [0.29, 0.717) is 18.8 Å². The van der Waals surface area contributed by atoms with Crippen molar-refractivity contribution in [2.45, 2.75) is 18.6 Å². The molecule has 0 aromatic carbocycles. The van der Waals surface area contributed by atoms with Crippen LogP contribution in [0, 0.1) is 0 Å². The van der Waals surface area contributed by atoms with Gasteiger partial charge in [0.1, 0.15) is 6.17 Å². The second-order valence-electron chi connectivity index (χ2n) is 3.56. The van der Waals surface area contributed by atoms with E-state index < -0.39 is 6.17 Å². The SMILES string of the molecule is COc1nn(C)cc1C1CC(F)CN1. The number of nitrogens with one attached hydrogen (secondary N) is 1. The summed E-state index contributed by atoms with van der Waals surface area (Å²) >= 11 is 0. The number of halogens is 1. The van der Waals surface area contributed by atoms with Crippen molar-refractivity contribution in [3.05, 3.63) is 11.8 Å². The molecule has 5 heteroatoms. The third-order valence-corrected chi connectivity index (χ3v) is 2.47. The molecule has 1 saturated heterocycles. The third kappa shape index (κ3) is 1.59. The predicted octanol–water partition coefficient (Wildman–Crippen LogP) is 0.801. The molecule has 2 rings (SSSR count). The highest BCUT2D eigenvalue weighted by Crippen LogP contribution is 2.30. The minimum Gasteiger partial charge on any atom is -0.480 e. The smallest absolute Gasteiger partial charge is 0.237 e. The van der Waals surface area contributed by atoms with Gasteiger partial charge >= 0.3 is 0 Å². The molecule has 0 saturated carbocycles. The maximum Gasteiger partial charge on any atom is 0.237 e. The van der Waals surface area contributed by atoms with Gasteiger partial charge < -0.3 is 10.1 Å². The third-order valence-electron chi connectivity index (χ3n) is 2.47. The first-order chi connectivity index (χ1) is 6.70. The van der Waals surface area contributed by atoms with Crippen molar-refractivity contribution in [1.29, 1.82) is 0 Å². The molecule has 14 heavy (non-hydrogen) atoms.